The van der Waals surface area contributed by atoms with Crippen LogP contribution >= 0.6 is 0 Å². The maximum Gasteiger partial charge on any atom is 0.416 e. The summed E-state index contributed by atoms with van der Waals surface area (Å²) >= 11 is 0. The standard InChI is InChI=1S/C9H10F3N.C7H7F2N.C2H6/c1-13-6-7-2-4-8(5-3-7)9(10,11)12;8-6-2-1-3-7(9)5(6)4-10;1-2/h2-5,13H,6H2,1H3;1-3H,4,10H2;1-2H3. The largest absolute Gasteiger partial charge is 0.416 e. The predicted molar refractivity (Wildman–Crippen MR) is 89.8 cm³/mol. The van der Waals surface area contributed by atoms with Crippen molar-refractivity contribution in [1.29, 1.82) is 0 Å². The number of halogens is 5. The van der Waals surface area contributed by atoms with Crippen molar-refractivity contribution < 1.29 is 22.0 Å². The molecule has 0 bridgehead atoms. The zero-order chi connectivity index (χ0) is 19.5. The monoisotopic (exact) mass is 362 g/mol. The fourth-order valence-corrected chi connectivity index (χ4v) is 1.74. The second-order valence-electron chi connectivity index (χ2n) is 4.63. The predicted octanol–water partition coefficient (Wildman–Crippen LogP) is 4.87. The molecule has 0 aliphatic heterocycles. The van der Waals surface area contributed by atoms with Crippen LogP contribution in [0.3, 0.4) is 0 Å². The summed E-state index contributed by atoms with van der Waals surface area (Å²) in [5.74, 6) is -1.16. The first-order valence-electron chi connectivity index (χ1n) is 7.73. The molecule has 0 spiro atoms. The van der Waals surface area contributed by atoms with Gasteiger partial charge < -0.3 is 11.1 Å². The lowest BCUT2D eigenvalue weighted by Crippen LogP contribution is -2.07. The molecule has 0 saturated heterocycles. The van der Waals surface area contributed by atoms with Gasteiger partial charge in [-0.25, -0.2) is 8.78 Å². The molecule has 0 atom stereocenters. The zero-order valence-corrected chi connectivity index (χ0v) is 14.4. The van der Waals surface area contributed by atoms with Crippen molar-refractivity contribution in [1.82, 2.24) is 5.32 Å². The lowest BCUT2D eigenvalue weighted by atomic mass is 10.1. The maximum atomic E-state index is 12.5. The molecule has 0 unspecified atom stereocenters. The van der Waals surface area contributed by atoms with Crippen LogP contribution in [0, 0.1) is 11.6 Å². The van der Waals surface area contributed by atoms with Gasteiger partial charge in [-0.05, 0) is 36.9 Å². The third-order valence-corrected chi connectivity index (χ3v) is 2.93. The van der Waals surface area contributed by atoms with Gasteiger partial charge >= 0.3 is 6.18 Å². The number of benzene rings is 2. The van der Waals surface area contributed by atoms with E-state index in [0.717, 1.165) is 17.7 Å². The molecular formula is C18H23F5N2. The highest BCUT2D eigenvalue weighted by atomic mass is 19.4. The summed E-state index contributed by atoms with van der Waals surface area (Å²) in [5, 5.41) is 2.86. The van der Waals surface area contributed by atoms with Crippen molar-refractivity contribution >= 4 is 0 Å². The van der Waals surface area contributed by atoms with E-state index in [4.69, 9.17) is 5.73 Å². The fourth-order valence-electron chi connectivity index (χ4n) is 1.74. The van der Waals surface area contributed by atoms with E-state index < -0.39 is 23.4 Å². The van der Waals surface area contributed by atoms with Crippen molar-refractivity contribution in [3.8, 4) is 0 Å². The van der Waals surface area contributed by atoms with Gasteiger partial charge in [-0.1, -0.05) is 32.0 Å². The Labute approximate surface area is 144 Å². The second kappa shape index (κ2) is 11.5. The molecule has 140 valence electrons. The third kappa shape index (κ3) is 8.09. The summed E-state index contributed by atoms with van der Waals surface area (Å²) in [5.41, 5.74) is 5.26. The molecule has 2 rings (SSSR count). The van der Waals surface area contributed by atoms with Gasteiger partial charge in [-0.3, -0.25) is 0 Å². The summed E-state index contributed by atoms with van der Waals surface area (Å²) in [6.45, 7) is 4.48. The normalized spacial score (nSPS) is 10.3. The number of hydrogen-bond donors (Lipinski definition) is 2. The van der Waals surface area contributed by atoms with Gasteiger partial charge in [-0.2, -0.15) is 13.2 Å². The van der Waals surface area contributed by atoms with Crippen LogP contribution in [0.4, 0.5) is 22.0 Å². The van der Waals surface area contributed by atoms with Crippen molar-refractivity contribution in [2.75, 3.05) is 7.05 Å². The Morgan fingerprint density at radius 1 is 0.920 bits per heavy atom. The van der Waals surface area contributed by atoms with Crippen LogP contribution in [0.25, 0.3) is 0 Å². The lowest BCUT2D eigenvalue weighted by molar-refractivity contribution is -0.137. The van der Waals surface area contributed by atoms with Gasteiger partial charge in [-0.15, -0.1) is 0 Å². The Balaban J connectivity index is 0.000000430. The number of nitrogens with one attached hydrogen (secondary N) is 1. The van der Waals surface area contributed by atoms with E-state index in [1.165, 1.54) is 30.3 Å². The molecule has 2 aromatic carbocycles. The minimum atomic E-state index is -4.24. The summed E-state index contributed by atoms with van der Waals surface area (Å²) in [6, 6.07) is 8.80. The Kier molecular flexibility index (Phi) is 10.6. The van der Waals surface area contributed by atoms with Crippen LogP contribution in [0.1, 0.15) is 30.5 Å². The molecule has 0 heterocycles. The SMILES string of the molecule is CC.CNCc1ccc(C(F)(F)F)cc1.NCc1c(F)cccc1F. The summed E-state index contributed by atoms with van der Waals surface area (Å²) in [4.78, 5) is 0. The third-order valence-electron chi connectivity index (χ3n) is 2.93. The van der Waals surface area contributed by atoms with E-state index in [1.54, 1.807) is 7.05 Å². The molecule has 3 N–H and O–H groups in total. The minimum Gasteiger partial charge on any atom is -0.326 e. The Bertz CT molecular complexity index is 590. The molecule has 0 aromatic heterocycles. The van der Waals surface area contributed by atoms with E-state index >= 15 is 0 Å². The van der Waals surface area contributed by atoms with Crippen LogP contribution in [-0.4, -0.2) is 7.05 Å². The molecule has 25 heavy (non-hydrogen) atoms. The van der Waals surface area contributed by atoms with Gasteiger partial charge in [0.05, 0.1) is 5.56 Å². The average Bonchev–Trinajstić information content (AvgIpc) is 2.57. The van der Waals surface area contributed by atoms with Crippen LogP contribution in [0.15, 0.2) is 42.5 Å². The lowest BCUT2D eigenvalue weighted by Gasteiger charge is -2.06. The smallest absolute Gasteiger partial charge is 0.326 e. The van der Waals surface area contributed by atoms with Gasteiger partial charge in [0.25, 0.3) is 0 Å². The summed E-state index contributed by atoms with van der Waals surface area (Å²) in [6.07, 6.45) is -4.24. The first-order valence-corrected chi connectivity index (χ1v) is 7.73. The van der Waals surface area contributed by atoms with E-state index in [9.17, 15) is 22.0 Å². The number of alkyl halides is 3. The van der Waals surface area contributed by atoms with E-state index in [-0.39, 0.29) is 12.1 Å². The highest BCUT2D eigenvalue weighted by Crippen LogP contribution is 2.28. The number of nitrogens with two attached hydrogens (primary N) is 1. The van der Waals surface area contributed by atoms with Gasteiger partial charge in [0.1, 0.15) is 11.6 Å². The van der Waals surface area contributed by atoms with Crippen molar-refractivity contribution in [2.24, 2.45) is 5.73 Å². The molecule has 2 nitrogen and oxygen atoms in total. The molecule has 0 radical (unpaired) electrons. The van der Waals surface area contributed by atoms with Crippen molar-refractivity contribution in [2.45, 2.75) is 33.1 Å². The van der Waals surface area contributed by atoms with Gasteiger partial charge in [0.2, 0.25) is 0 Å². The molecule has 7 heteroatoms. The molecule has 0 aliphatic rings. The van der Waals surface area contributed by atoms with E-state index in [1.807, 2.05) is 13.8 Å². The van der Waals surface area contributed by atoms with Crippen molar-refractivity contribution in [3.05, 3.63) is 70.8 Å². The molecular weight excluding hydrogens is 339 g/mol. The van der Waals surface area contributed by atoms with E-state index in [2.05, 4.69) is 5.32 Å². The van der Waals surface area contributed by atoms with Crippen LogP contribution in [0.5, 0.6) is 0 Å². The average molecular weight is 362 g/mol. The van der Waals surface area contributed by atoms with Gasteiger partial charge in [0.15, 0.2) is 0 Å². The van der Waals surface area contributed by atoms with Crippen LogP contribution in [0.2, 0.25) is 0 Å². The highest BCUT2D eigenvalue weighted by Gasteiger charge is 2.29. The maximum absolute atomic E-state index is 12.5. The Hall–Kier alpha value is -1.99. The van der Waals surface area contributed by atoms with Crippen LogP contribution in [-0.2, 0) is 19.3 Å². The highest BCUT2D eigenvalue weighted by molar-refractivity contribution is 5.24. The Morgan fingerprint density at radius 3 is 1.72 bits per heavy atom. The van der Waals surface area contributed by atoms with Crippen molar-refractivity contribution in [3.63, 3.8) is 0 Å². The van der Waals surface area contributed by atoms with Crippen LogP contribution < -0.4 is 11.1 Å². The summed E-state index contributed by atoms with van der Waals surface area (Å²) < 4.78 is 61.3. The van der Waals surface area contributed by atoms with Gasteiger partial charge in [0, 0.05) is 18.7 Å². The Morgan fingerprint density at radius 2 is 1.40 bits per heavy atom. The first kappa shape index (κ1) is 23.0. The molecule has 2 aromatic rings. The summed E-state index contributed by atoms with van der Waals surface area (Å²) in [7, 11) is 1.75. The molecule has 0 aliphatic carbocycles. The number of rotatable bonds is 3. The molecule has 0 saturated carbocycles. The van der Waals surface area contributed by atoms with E-state index in [0.29, 0.717) is 6.54 Å². The second-order valence-corrected chi connectivity index (χ2v) is 4.63. The quantitative estimate of drug-likeness (QED) is 0.764. The minimum absolute atomic E-state index is 0.0532. The molecule has 0 fully saturated rings. The zero-order valence-electron chi connectivity index (χ0n) is 14.4. The topological polar surface area (TPSA) is 38.0 Å². The molecule has 0 amide bonds. The fraction of sp³-hybridized carbons (Fsp3) is 0.333. The first-order chi connectivity index (χ1) is 11.8. The number of hydrogen-bond acceptors (Lipinski definition) is 2.